The van der Waals surface area contributed by atoms with Crippen molar-refractivity contribution < 1.29 is 24.2 Å². The highest BCUT2D eigenvalue weighted by Crippen LogP contribution is 2.36. The first-order valence-corrected chi connectivity index (χ1v) is 12.0. The summed E-state index contributed by atoms with van der Waals surface area (Å²) >= 11 is 6.50. The summed E-state index contributed by atoms with van der Waals surface area (Å²) in [4.78, 5) is 29.8. The summed E-state index contributed by atoms with van der Waals surface area (Å²) in [6.45, 7) is 2.58. The maximum Gasteiger partial charge on any atom is 0.335 e. The zero-order chi connectivity index (χ0) is 25.7. The van der Waals surface area contributed by atoms with Gasteiger partial charge in [0.2, 0.25) is 0 Å². The standard InChI is InChI=1S/C29H26ClNO5/c1-3-14-36-23-9-10-24(25(30)17-23)27(32)29(12-5-13-31-29)18-22-16-20(8-11-26(22)35-2)19-6-4-7-21(15-19)28(33)34/h4-13,15-17H,3,14,18H2,1-2H3,(H,33,34). The number of carboxylic acids is 1. The van der Waals surface area contributed by atoms with E-state index in [9.17, 15) is 14.7 Å². The minimum Gasteiger partial charge on any atom is -0.496 e. The van der Waals surface area contributed by atoms with E-state index in [1.54, 1.807) is 61.9 Å². The van der Waals surface area contributed by atoms with E-state index in [0.717, 1.165) is 23.1 Å². The first-order valence-electron chi connectivity index (χ1n) is 11.6. The van der Waals surface area contributed by atoms with Gasteiger partial charge in [0, 0.05) is 18.2 Å². The first kappa shape index (κ1) is 25.2. The number of ether oxygens (including phenoxy) is 2. The van der Waals surface area contributed by atoms with Crippen LogP contribution in [0.15, 0.2) is 77.8 Å². The number of benzene rings is 3. The lowest BCUT2D eigenvalue weighted by Gasteiger charge is -2.25. The van der Waals surface area contributed by atoms with Gasteiger partial charge in [-0.25, -0.2) is 4.79 Å². The fraction of sp³-hybridized carbons (Fsp3) is 0.207. The van der Waals surface area contributed by atoms with Crippen LogP contribution in [0.2, 0.25) is 5.02 Å². The molecule has 0 bridgehead atoms. The van der Waals surface area contributed by atoms with E-state index in [1.807, 2.05) is 31.2 Å². The highest BCUT2D eigenvalue weighted by Gasteiger charge is 2.39. The number of hydrogen-bond acceptors (Lipinski definition) is 5. The normalized spacial score (nSPS) is 16.2. The second-order valence-corrected chi connectivity index (χ2v) is 8.88. The van der Waals surface area contributed by atoms with Gasteiger partial charge in [-0.1, -0.05) is 36.7 Å². The summed E-state index contributed by atoms with van der Waals surface area (Å²) in [5, 5.41) is 9.67. The van der Waals surface area contributed by atoms with Crippen LogP contribution in [0.5, 0.6) is 11.5 Å². The van der Waals surface area contributed by atoms with E-state index in [-0.39, 0.29) is 17.8 Å². The third-order valence-electron chi connectivity index (χ3n) is 6.00. The van der Waals surface area contributed by atoms with Gasteiger partial charge in [0.15, 0.2) is 5.78 Å². The second-order valence-electron chi connectivity index (χ2n) is 8.47. The van der Waals surface area contributed by atoms with Crippen molar-refractivity contribution in [2.45, 2.75) is 25.3 Å². The smallest absolute Gasteiger partial charge is 0.335 e. The molecule has 0 radical (unpaired) electrons. The maximum atomic E-state index is 13.8. The molecule has 0 saturated heterocycles. The minimum absolute atomic E-state index is 0.195. The molecule has 3 aromatic rings. The van der Waals surface area contributed by atoms with Crippen LogP contribution in [0.25, 0.3) is 11.1 Å². The van der Waals surface area contributed by atoms with Gasteiger partial charge in [0.25, 0.3) is 0 Å². The van der Waals surface area contributed by atoms with Crippen molar-refractivity contribution in [3.8, 4) is 22.6 Å². The number of carboxylic acid groups (broad SMARTS) is 1. The van der Waals surface area contributed by atoms with E-state index < -0.39 is 11.5 Å². The number of aromatic carboxylic acids is 1. The summed E-state index contributed by atoms with van der Waals surface area (Å²) in [6, 6.07) is 17.3. The number of ketones is 1. The monoisotopic (exact) mass is 503 g/mol. The van der Waals surface area contributed by atoms with Crippen LogP contribution >= 0.6 is 11.6 Å². The molecule has 3 aromatic carbocycles. The number of halogens is 1. The van der Waals surface area contributed by atoms with Crippen LogP contribution in [-0.2, 0) is 6.42 Å². The Bertz CT molecular complexity index is 1350. The molecule has 1 unspecified atom stereocenters. The Morgan fingerprint density at radius 3 is 2.53 bits per heavy atom. The van der Waals surface area contributed by atoms with Crippen LogP contribution in [-0.4, -0.2) is 42.3 Å². The van der Waals surface area contributed by atoms with E-state index in [2.05, 4.69) is 4.99 Å². The highest BCUT2D eigenvalue weighted by molar-refractivity contribution is 6.34. The molecule has 1 aliphatic rings. The first-order chi connectivity index (χ1) is 17.4. The Morgan fingerprint density at radius 2 is 1.86 bits per heavy atom. The molecule has 0 spiro atoms. The molecule has 0 aromatic heterocycles. The Kier molecular flexibility index (Phi) is 7.55. The van der Waals surface area contributed by atoms with Crippen LogP contribution in [0, 0.1) is 0 Å². The molecule has 0 fully saturated rings. The van der Waals surface area contributed by atoms with Gasteiger partial charge in [0.05, 0.1) is 24.3 Å². The van der Waals surface area contributed by atoms with Crippen molar-refractivity contribution >= 4 is 29.6 Å². The summed E-state index contributed by atoms with van der Waals surface area (Å²) in [5.41, 5.74) is 1.67. The molecule has 1 atom stereocenters. The molecule has 36 heavy (non-hydrogen) atoms. The maximum absolute atomic E-state index is 13.8. The van der Waals surface area contributed by atoms with Gasteiger partial charge in [-0.15, -0.1) is 0 Å². The topological polar surface area (TPSA) is 85.2 Å². The minimum atomic E-state index is -1.19. The van der Waals surface area contributed by atoms with Crippen molar-refractivity contribution in [3.63, 3.8) is 0 Å². The molecule has 0 saturated carbocycles. The Hall–Kier alpha value is -3.90. The molecule has 0 amide bonds. The quantitative estimate of drug-likeness (QED) is 0.328. The van der Waals surface area contributed by atoms with E-state index in [4.69, 9.17) is 21.1 Å². The number of hydrogen-bond donors (Lipinski definition) is 1. The van der Waals surface area contributed by atoms with Gasteiger partial charge < -0.3 is 14.6 Å². The lowest BCUT2D eigenvalue weighted by Crippen LogP contribution is -2.36. The summed E-state index contributed by atoms with van der Waals surface area (Å²) in [5.74, 6) is -0.0236. The largest absolute Gasteiger partial charge is 0.496 e. The van der Waals surface area contributed by atoms with Crippen LogP contribution in [0.4, 0.5) is 0 Å². The number of Topliss-reactive ketones (excluding diaryl/α,β-unsaturated/α-hetero) is 1. The van der Waals surface area contributed by atoms with Gasteiger partial charge >= 0.3 is 5.97 Å². The van der Waals surface area contributed by atoms with Gasteiger partial charge in [-0.05, 0) is 77.7 Å². The Morgan fingerprint density at radius 1 is 1.06 bits per heavy atom. The van der Waals surface area contributed by atoms with Crippen LogP contribution in [0.1, 0.15) is 39.6 Å². The summed E-state index contributed by atoms with van der Waals surface area (Å²) < 4.78 is 11.2. The lowest BCUT2D eigenvalue weighted by molar-refractivity contribution is 0.0696. The van der Waals surface area contributed by atoms with Crippen molar-refractivity contribution in [3.05, 3.63) is 94.5 Å². The van der Waals surface area contributed by atoms with E-state index >= 15 is 0 Å². The predicted molar refractivity (Wildman–Crippen MR) is 141 cm³/mol. The van der Waals surface area contributed by atoms with Crippen molar-refractivity contribution in [1.82, 2.24) is 0 Å². The second kappa shape index (κ2) is 10.8. The molecule has 184 valence electrons. The molecule has 7 heteroatoms. The molecule has 1 aliphatic heterocycles. The zero-order valence-corrected chi connectivity index (χ0v) is 20.8. The number of rotatable bonds is 10. The van der Waals surface area contributed by atoms with Gasteiger partial charge in [-0.3, -0.25) is 9.79 Å². The third kappa shape index (κ3) is 5.19. The van der Waals surface area contributed by atoms with Gasteiger partial charge in [-0.2, -0.15) is 0 Å². The molecule has 1 heterocycles. The summed E-state index contributed by atoms with van der Waals surface area (Å²) in [6.07, 6.45) is 6.22. The number of methoxy groups -OCH3 is 1. The number of aliphatic imine (C=N–C) groups is 1. The van der Waals surface area contributed by atoms with Crippen LogP contribution in [0.3, 0.4) is 0 Å². The number of carbonyl (C=O) groups is 2. The number of allylic oxidation sites excluding steroid dienone is 1. The predicted octanol–water partition coefficient (Wildman–Crippen LogP) is 6.31. The lowest BCUT2D eigenvalue weighted by atomic mass is 9.83. The highest BCUT2D eigenvalue weighted by atomic mass is 35.5. The average Bonchev–Trinajstić information content (AvgIpc) is 3.37. The Labute approximate surface area is 214 Å². The molecule has 1 N–H and O–H groups in total. The molecule has 6 nitrogen and oxygen atoms in total. The molecular formula is C29H26ClNO5. The van der Waals surface area contributed by atoms with Crippen molar-refractivity contribution in [2.24, 2.45) is 4.99 Å². The Balaban J connectivity index is 1.70. The SMILES string of the molecule is CCCOc1ccc(C(=O)C2(Cc3cc(-c4cccc(C(=O)O)c4)ccc3OC)C=CC=N2)c(Cl)c1. The molecule has 0 aliphatic carbocycles. The van der Waals surface area contributed by atoms with E-state index in [0.29, 0.717) is 28.7 Å². The zero-order valence-electron chi connectivity index (χ0n) is 20.0. The fourth-order valence-corrected chi connectivity index (χ4v) is 4.44. The van der Waals surface area contributed by atoms with Crippen molar-refractivity contribution in [1.29, 1.82) is 0 Å². The number of nitrogens with zero attached hydrogens (tertiary/aromatic N) is 1. The molecular weight excluding hydrogens is 478 g/mol. The third-order valence-corrected chi connectivity index (χ3v) is 6.31. The number of carbonyl (C=O) groups excluding carboxylic acids is 1. The fourth-order valence-electron chi connectivity index (χ4n) is 4.18. The average molecular weight is 504 g/mol. The summed E-state index contributed by atoms with van der Waals surface area (Å²) in [7, 11) is 1.57. The molecule has 4 rings (SSSR count). The van der Waals surface area contributed by atoms with Gasteiger partial charge in [0.1, 0.15) is 17.0 Å². The van der Waals surface area contributed by atoms with E-state index in [1.165, 1.54) is 0 Å². The van der Waals surface area contributed by atoms with Crippen molar-refractivity contribution in [2.75, 3.05) is 13.7 Å². The van der Waals surface area contributed by atoms with Crippen LogP contribution < -0.4 is 9.47 Å².